The van der Waals surface area contributed by atoms with E-state index in [1.54, 1.807) is 0 Å². The third-order valence-electron chi connectivity index (χ3n) is 5.54. The van der Waals surface area contributed by atoms with Gasteiger partial charge in [0.2, 0.25) is 0 Å². The molecule has 0 bridgehead atoms. The van der Waals surface area contributed by atoms with Gasteiger partial charge in [0, 0.05) is 23.2 Å². The lowest BCUT2D eigenvalue weighted by Crippen LogP contribution is -2.31. The van der Waals surface area contributed by atoms with Crippen molar-refractivity contribution in [2.45, 2.75) is 53.5 Å². The van der Waals surface area contributed by atoms with Crippen molar-refractivity contribution in [2.75, 3.05) is 6.54 Å². The first-order chi connectivity index (χ1) is 12.9. The number of carbonyl (C=O) groups excluding carboxylic acids is 1. The van der Waals surface area contributed by atoms with Crippen LogP contribution in [0.3, 0.4) is 0 Å². The minimum atomic E-state index is 0.0261. The summed E-state index contributed by atoms with van der Waals surface area (Å²) >= 11 is 0. The van der Waals surface area contributed by atoms with Crippen molar-refractivity contribution in [1.29, 1.82) is 0 Å². The third-order valence-corrected chi connectivity index (χ3v) is 5.54. The molecule has 1 saturated heterocycles. The zero-order valence-corrected chi connectivity index (χ0v) is 16.6. The van der Waals surface area contributed by atoms with Gasteiger partial charge in [0.05, 0.1) is 22.8 Å². The number of carbonyl (C=O) groups is 1. The highest BCUT2D eigenvalue weighted by molar-refractivity contribution is 6.07. The number of benzene rings is 1. The molecule has 1 amide bonds. The molecule has 0 radical (unpaired) electrons. The molecule has 4 rings (SSSR count). The van der Waals surface area contributed by atoms with E-state index in [0.29, 0.717) is 0 Å². The summed E-state index contributed by atoms with van der Waals surface area (Å²) in [4.78, 5) is 20.3. The smallest absolute Gasteiger partial charge is 0.255 e. The monoisotopic (exact) mass is 363 g/mol. The Morgan fingerprint density at radius 2 is 1.93 bits per heavy atom. The van der Waals surface area contributed by atoms with E-state index in [4.69, 9.17) is 4.52 Å². The van der Waals surface area contributed by atoms with Crippen LogP contribution in [0.25, 0.3) is 10.9 Å². The SMILES string of the molecule is Cc1cc(C)c2nc(C)cc(C(=O)N3CCC[C@H]3c3c(C)noc3C)c2c1. The third kappa shape index (κ3) is 2.91. The molecule has 1 atom stereocenters. The van der Waals surface area contributed by atoms with Crippen LogP contribution in [0.1, 0.15) is 63.1 Å². The summed E-state index contributed by atoms with van der Waals surface area (Å²) in [5.74, 6) is 0.873. The Morgan fingerprint density at radius 3 is 2.63 bits per heavy atom. The maximum absolute atomic E-state index is 13.6. The average Bonchev–Trinajstić information content (AvgIpc) is 3.20. The summed E-state index contributed by atoms with van der Waals surface area (Å²) < 4.78 is 5.36. The van der Waals surface area contributed by atoms with Crippen LogP contribution in [-0.4, -0.2) is 27.5 Å². The van der Waals surface area contributed by atoms with E-state index in [1.807, 2.05) is 31.7 Å². The van der Waals surface area contributed by atoms with Gasteiger partial charge in [0.1, 0.15) is 5.76 Å². The normalized spacial score (nSPS) is 17.1. The van der Waals surface area contributed by atoms with Crippen LogP contribution < -0.4 is 0 Å². The second-order valence-corrected chi connectivity index (χ2v) is 7.68. The summed E-state index contributed by atoms with van der Waals surface area (Å²) in [6, 6.07) is 6.14. The van der Waals surface area contributed by atoms with Crippen molar-refractivity contribution in [3.8, 4) is 0 Å². The number of likely N-dealkylation sites (tertiary alicyclic amines) is 1. The molecule has 0 spiro atoms. The van der Waals surface area contributed by atoms with E-state index in [1.165, 1.54) is 0 Å². The maximum Gasteiger partial charge on any atom is 0.255 e. The molecule has 1 fully saturated rings. The predicted molar refractivity (Wildman–Crippen MR) is 105 cm³/mol. The Labute approximate surface area is 159 Å². The van der Waals surface area contributed by atoms with Crippen molar-refractivity contribution in [3.63, 3.8) is 0 Å². The van der Waals surface area contributed by atoms with E-state index in [-0.39, 0.29) is 11.9 Å². The number of hydrogen-bond acceptors (Lipinski definition) is 4. The van der Waals surface area contributed by atoms with Gasteiger partial charge in [0.15, 0.2) is 0 Å². The van der Waals surface area contributed by atoms with Crippen LogP contribution >= 0.6 is 0 Å². The number of nitrogens with zero attached hydrogens (tertiary/aromatic N) is 3. The summed E-state index contributed by atoms with van der Waals surface area (Å²) in [5, 5.41) is 5.03. The standard InChI is InChI=1S/C22H25N3O2/c1-12-9-13(2)21-17(10-12)18(11-14(3)23-21)22(26)25-8-6-7-19(25)20-15(4)24-27-16(20)5/h9-11,19H,6-8H2,1-5H3/t19-/m0/s1. The van der Waals surface area contributed by atoms with Gasteiger partial charge in [-0.2, -0.15) is 0 Å². The largest absolute Gasteiger partial charge is 0.361 e. The summed E-state index contributed by atoms with van der Waals surface area (Å²) in [6.07, 6.45) is 1.93. The molecule has 5 heteroatoms. The molecule has 1 aliphatic rings. The number of amides is 1. The molecule has 3 heterocycles. The van der Waals surface area contributed by atoms with Crippen molar-refractivity contribution in [2.24, 2.45) is 0 Å². The number of hydrogen-bond donors (Lipinski definition) is 0. The lowest BCUT2D eigenvalue weighted by molar-refractivity contribution is 0.0736. The molecule has 27 heavy (non-hydrogen) atoms. The molecular weight excluding hydrogens is 338 g/mol. The van der Waals surface area contributed by atoms with Crippen LogP contribution in [0.2, 0.25) is 0 Å². The van der Waals surface area contributed by atoms with Gasteiger partial charge in [0.25, 0.3) is 5.91 Å². The molecular formula is C22H25N3O2. The molecule has 2 aromatic heterocycles. The summed E-state index contributed by atoms with van der Waals surface area (Å²) in [7, 11) is 0. The van der Waals surface area contributed by atoms with Gasteiger partial charge in [-0.1, -0.05) is 16.8 Å². The van der Waals surface area contributed by atoms with Crippen molar-refractivity contribution >= 4 is 16.8 Å². The highest BCUT2D eigenvalue weighted by Crippen LogP contribution is 2.37. The lowest BCUT2D eigenvalue weighted by atomic mass is 9.99. The quantitative estimate of drug-likeness (QED) is 0.660. The molecule has 3 aromatic rings. The second kappa shape index (κ2) is 6.48. The molecule has 1 aliphatic heterocycles. The maximum atomic E-state index is 13.6. The topological polar surface area (TPSA) is 59.2 Å². The van der Waals surface area contributed by atoms with Gasteiger partial charge < -0.3 is 9.42 Å². The predicted octanol–water partition coefficient (Wildman–Crippen LogP) is 4.74. The van der Waals surface area contributed by atoms with Gasteiger partial charge in [-0.15, -0.1) is 0 Å². The Bertz CT molecular complexity index is 1030. The van der Waals surface area contributed by atoms with E-state index in [9.17, 15) is 4.79 Å². The minimum Gasteiger partial charge on any atom is -0.361 e. The Hall–Kier alpha value is -2.69. The summed E-state index contributed by atoms with van der Waals surface area (Å²) in [5.41, 5.74) is 6.70. The second-order valence-electron chi connectivity index (χ2n) is 7.68. The zero-order valence-electron chi connectivity index (χ0n) is 16.6. The van der Waals surface area contributed by atoms with E-state index >= 15 is 0 Å². The van der Waals surface area contributed by atoms with Crippen LogP contribution in [-0.2, 0) is 0 Å². The van der Waals surface area contributed by atoms with Gasteiger partial charge in [-0.3, -0.25) is 9.78 Å². The molecule has 140 valence electrons. The number of aryl methyl sites for hydroxylation is 5. The highest BCUT2D eigenvalue weighted by atomic mass is 16.5. The Balaban J connectivity index is 1.83. The van der Waals surface area contributed by atoms with Gasteiger partial charge in [-0.25, -0.2) is 0 Å². The lowest BCUT2D eigenvalue weighted by Gasteiger charge is -2.25. The molecule has 1 aromatic carbocycles. The van der Waals surface area contributed by atoms with E-state index in [0.717, 1.165) is 69.7 Å². The highest BCUT2D eigenvalue weighted by Gasteiger charge is 2.35. The van der Waals surface area contributed by atoms with Crippen LogP contribution in [0, 0.1) is 34.6 Å². The first-order valence-corrected chi connectivity index (χ1v) is 9.49. The first kappa shape index (κ1) is 17.7. The van der Waals surface area contributed by atoms with Gasteiger partial charge >= 0.3 is 0 Å². The van der Waals surface area contributed by atoms with E-state index < -0.39 is 0 Å². The molecule has 0 unspecified atom stereocenters. The van der Waals surface area contributed by atoms with Crippen LogP contribution in [0.15, 0.2) is 22.7 Å². The molecule has 0 N–H and O–H groups in total. The van der Waals surface area contributed by atoms with Gasteiger partial charge in [-0.05, 0) is 65.2 Å². The van der Waals surface area contributed by atoms with Crippen molar-refractivity contribution < 1.29 is 9.32 Å². The van der Waals surface area contributed by atoms with E-state index in [2.05, 4.69) is 36.1 Å². The van der Waals surface area contributed by atoms with Crippen LogP contribution in [0.5, 0.6) is 0 Å². The zero-order chi connectivity index (χ0) is 19.3. The first-order valence-electron chi connectivity index (χ1n) is 9.49. The summed E-state index contributed by atoms with van der Waals surface area (Å²) in [6.45, 7) is 10.7. The molecule has 5 nitrogen and oxygen atoms in total. The van der Waals surface area contributed by atoms with Crippen molar-refractivity contribution in [3.05, 3.63) is 57.6 Å². The fraction of sp³-hybridized carbons (Fsp3) is 0.409. The fourth-order valence-corrected chi connectivity index (χ4v) is 4.42. The number of fused-ring (bicyclic) bond motifs is 1. The van der Waals surface area contributed by atoms with Crippen LogP contribution in [0.4, 0.5) is 0 Å². The van der Waals surface area contributed by atoms with Crippen molar-refractivity contribution in [1.82, 2.24) is 15.0 Å². The molecule has 0 aliphatic carbocycles. The average molecular weight is 363 g/mol. The number of rotatable bonds is 2. The minimum absolute atomic E-state index is 0.0261. The molecule has 0 saturated carbocycles. The fourth-order valence-electron chi connectivity index (χ4n) is 4.42. The number of aromatic nitrogens is 2. The Morgan fingerprint density at radius 1 is 1.15 bits per heavy atom. The Kier molecular flexibility index (Phi) is 4.25. The number of pyridine rings is 1.